The van der Waals surface area contributed by atoms with E-state index in [4.69, 9.17) is 0 Å². The first-order valence-corrected chi connectivity index (χ1v) is 12.5. The van der Waals surface area contributed by atoms with Gasteiger partial charge in [-0.05, 0) is 88.4 Å². The fraction of sp³-hybridized carbons (Fsp3) is 0.852. The molecule has 172 valence electrons. The second kappa shape index (κ2) is 9.46. The van der Waals surface area contributed by atoms with Gasteiger partial charge in [0, 0.05) is 5.92 Å². The molecular weight excluding hydrogens is 372 g/mol. The van der Waals surface area contributed by atoms with Crippen LogP contribution in [0.25, 0.3) is 0 Å². The molecule has 0 saturated heterocycles. The van der Waals surface area contributed by atoms with E-state index in [0.29, 0.717) is 30.1 Å². The number of aliphatic hydroxyl groups excluding tert-OH is 2. The van der Waals surface area contributed by atoms with Gasteiger partial charge in [-0.25, -0.2) is 0 Å². The van der Waals surface area contributed by atoms with Crippen molar-refractivity contribution in [1.82, 2.24) is 0 Å². The Labute approximate surface area is 184 Å². The molecule has 0 amide bonds. The molecule has 0 radical (unpaired) electrons. The number of fused-ring (bicyclic) bond motifs is 1. The Morgan fingerprint density at radius 1 is 1.13 bits per heavy atom. The fourth-order valence-electron chi connectivity index (χ4n) is 6.88. The van der Waals surface area contributed by atoms with Crippen LogP contribution >= 0.6 is 0 Å². The Morgan fingerprint density at radius 3 is 2.43 bits per heavy atom. The van der Waals surface area contributed by atoms with Gasteiger partial charge in [0.15, 0.2) is 0 Å². The average molecular weight is 419 g/mol. The Balaban J connectivity index is 1.67. The average Bonchev–Trinajstić information content (AvgIpc) is 3.00. The smallest absolute Gasteiger partial charge is 0.0627 e. The minimum atomic E-state index is -0.547. The summed E-state index contributed by atoms with van der Waals surface area (Å²) in [6.45, 7) is 10.8. The van der Waals surface area contributed by atoms with E-state index in [-0.39, 0.29) is 5.92 Å². The maximum Gasteiger partial charge on any atom is 0.0627 e. The summed E-state index contributed by atoms with van der Waals surface area (Å²) < 4.78 is 0. The normalized spacial score (nSPS) is 39.8. The summed E-state index contributed by atoms with van der Waals surface area (Å²) in [6.07, 6.45) is 14.8. The van der Waals surface area contributed by atoms with Crippen molar-refractivity contribution in [2.45, 2.75) is 117 Å². The van der Waals surface area contributed by atoms with Crippen LogP contribution in [0.5, 0.6) is 0 Å². The Morgan fingerprint density at radius 2 is 1.80 bits per heavy atom. The molecule has 3 rings (SSSR count). The van der Waals surface area contributed by atoms with Gasteiger partial charge in [-0.3, -0.25) is 0 Å². The summed E-state index contributed by atoms with van der Waals surface area (Å²) in [5, 5.41) is 30.5. The van der Waals surface area contributed by atoms with Crippen LogP contribution in [0.15, 0.2) is 23.3 Å². The Kier molecular flexibility index (Phi) is 7.58. The van der Waals surface area contributed by atoms with E-state index in [0.717, 1.165) is 18.8 Å². The van der Waals surface area contributed by atoms with E-state index in [1.165, 1.54) is 44.1 Å². The van der Waals surface area contributed by atoms with Crippen molar-refractivity contribution >= 4 is 0 Å². The quantitative estimate of drug-likeness (QED) is 0.512. The van der Waals surface area contributed by atoms with Crippen molar-refractivity contribution in [3.8, 4) is 0 Å². The third kappa shape index (κ3) is 5.40. The molecular formula is C27H46O3. The lowest BCUT2D eigenvalue weighted by Gasteiger charge is -2.44. The molecule has 1 unspecified atom stereocenters. The van der Waals surface area contributed by atoms with E-state index >= 15 is 0 Å². The molecule has 0 bridgehead atoms. The highest BCUT2D eigenvalue weighted by Crippen LogP contribution is 2.60. The fourth-order valence-corrected chi connectivity index (χ4v) is 6.88. The number of aliphatic hydroxyl groups is 3. The van der Waals surface area contributed by atoms with E-state index in [2.05, 4.69) is 26.0 Å². The van der Waals surface area contributed by atoms with Crippen LogP contribution in [0.3, 0.4) is 0 Å². The first kappa shape index (κ1) is 24.0. The molecule has 0 aromatic rings. The summed E-state index contributed by atoms with van der Waals surface area (Å²) in [5.74, 6) is 2.15. The highest BCUT2D eigenvalue weighted by Gasteiger charge is 2.50. The van der Waals surface area contributed by atoms with Crippen molar-refractivity contribution in [2.75, 3.05) is 0 Å². The molecule has 6 atom stereocenters. The van der Waals surface area contributed by atoms with Gasteiger partial charge in [0.2, 0.25) is 0 Å². The molecule has 30 heavy (non-hydrogen) atoms. The third-order valence-electron chi connectivity index (χ3n) is 8.86. The molecule has 0 spiro atoms. The zero-order valence-corrected chi connectivity index (χ0v) is 20.0. The van der Waals surface area contributed by atoms with Crippen molar-refractivity contribution in [3.63, 3.8) is 0 Å². The van der Waals surface area contributed by atoms with Gasteiger partial charge in [0.25, 0.3) is 0 Å². The van der Waals surface area contributed by atoms with Crippen LogP contribution in [0.4, 0.5) is 0 Å². The topological polar surface area (TPSA) is 60.7 Å². The molecule has 3 heteroatoms. The van der Waals surface area contributed by atoms with Gasteiger partial charge in [0.1, 0.15) is 0 Å². The van der Waals surface area contributed by atoms with E-state index in [1.54, 1.807) is 5.57 Å². The lowest BCUT2D eigenvalue weighted by Crippen LogP contribution is -2.36. The molecule has 3 nitrogen and oxygen atoms in total. The highest BCUT2D eigenvalue weighted by molar-refractivity contribution is 5.26. The van der Waals surface area contributed by atoms with Crippen LogP contribution in [0.2, 0.25) is 0 Å². The maximum absolute atomic E-state index is 10.2. The monoisotopic (exact) mass is 418 g/mol. The van der Waals surface area contributed by atoms with Crippen LogP contribution in [-0.4, -0.2) is 33.1 Å². The number of hydrogen-bond acceptors (Lipinski definition) is 3. The largest absolute Gasteiger partial charge is 0.392 e. The van der Waals surface area contributed by atoms with Crippen molar-refractivity contribution in [2.24, 2.45) is 29.1 Å². The van der Waals surface area contributed by atoms with Crippen LogP contribution in [0.1, 0.15) is 98.8 Å². The predicted molar refractivity (Wildman–Crippen MR) is 124 cm³/mol. The van der Waals surface area contributed by atoms with Crippen LogP contribution in [0, 0.1) is 29.1 Å². The SMILES string of the molecule is CC1[C@H](O)CC(=C/C=C2\CCC[C@]3(C)C([C@H](C)CCCC(C)(C)O)CC[C@@H]23)C[C@H]1O. The summed E-state index contributed by atoms with van der Waals surface area (Å²) in [6, 6.07) is 0. The molecule has 3 N–H and O–H groups in total. The van der Waals surface area contributed by atoms with E-state index in [9.17, 15) is 15.3 Å². The first-order chi connectivity index (χ1) is 14.0. The molecule has 0 aliphatic heterocycles. The third-order valence-corrected chi connectivity index (χ3v) is 8.86. The summed E-state index contributed by atoms with van der Waals surface area (Å²) in [7, 11) is 0. The minimum absolute atomic E-state index is 0.0266. The first-order valence-electron chi connectivity index (χ1n) is 12.5. The lowest BCUT2D eigenvalue weighted by atomic mass is 9.60. The molecule has 0 aromatic carbocycles. The summed E-state index contributed by atoms with van der Waals surface area (Å²) in [4.78, 5) is 0. The zero-order chi connectivity index (χ0) is 22.1. The van der Waals surface area contributed by atoms with Crippen molar-refractivity contribution in [1.29, 1.82) is 0 Å². The minimum Gasteiger partial charge on any atom is -0.392 e. The van der Waals surface area contributed by atoms with Gasteiger partial charge in [-0.15, -0.1) is 0 Å². The lowest BCUT2D eigenvalue weighted by molar-refractivity contribution is 0.00406. The number of allylic oxidation sites excluding steroid dienone is 3. The second-order valence-electron chi connectivity index (χ2n) is 11.7. The van der Waals surface area contributed by atoms with Crippen LogP contribution < -0.4 is 0 Å². The van der Waals surface area contributed by atoms with Crippen molar-refractivity contribution in [3.05, 3.63) is 23.3 Å². The zero-order valence-electron chi connectivity index (χ0n) is 20.0. The Hall–Kier alpha value is -0.640. The maximum atomic E-state index is 10.2. The molecule has 3 aliphatic rings. The summed E-state index contributed by atoms with van der Waals surface area (Å²) in [5.41, 5.74) is 2.65. The van der Waals surface area contributed by atoms with Gasteiger partial charge < -0.3 is 15.3 Å². The summed E-state index contributed by atoms with van der Waals surface area (Å²) >= 11 is 0. The predicted octanol–water partition coefficient (Wildman–Crippen LogP) is 5.78. The van der Waals surface area contributed by atoms with Gasteiger partial charge in [0.05, 0.1) is 17.8 Å². The van der Waals surface area contributed by atoms with E-state index in [1.807, 2.05) is 20.8 Å². The Bertz CT molecular complexity index is 629. The molecule has 0 heterocycles. The molecule has 3 saturated carbocycles. The highest BCUT2D eigenvalue weighted by atomic mass is 16.3. The standard InChI is InChI=1S/C27H46O3/c1-18(8-6-14-26(3,4)30)22-12-13-23-21(9-7-15-27(22,23)5)11-10-20-16-24(28)19(2)25(29)17-20/h10-11,18-19,22-25,28-30H,6-9,12-17H2,1-5H3/b20-10?,21-11+/t18-,19?,22?,23+,24-,25-,27-/m1/s1. The number of rotatable bonds is 6. The molecule has 3 fully saturated rings. The molecule has 3 aliphatic carbocycles. The molecule has 0 aromatic heterocycles. The van der Waals surface area contributed by atoms with Gasteiger partial charge >= 0.3 is 0 Å². The van der Waals surface area contributed by atoms with Crippen LogP contribution in [-0.2, 0) is 0 Å². The van der Waals surface area contributed by atoms with Crippen molar-refractivity contribution < 1.29 is 15.3 Å². The van der Waals surface area contributed by atoms with Gasteiger partial charge in [-0.2, -0.15) is 0 Å². The van der Waals surface area contributed by atoms with Gasteiger partial charge in [-0.1, -0.05) is 56.9 Å². The number of hydrogen-bond donors (Lipinski definition) is 3. The second-order valence-corrected chi connectivity index (χ2v) is 11.7. The van der Waals surface area contributed by atoms with E-state index < -0.39 is 17.8 Å².